The maximum atomic E-state index is 14.1. The lowest BCUT2D eigenvalue weighted by molar-refractivity contribution is -0.127. The maximum Gasteiger partial charge on any atom is 0.271 e. The number of thiazole rings is 1. The molecular weight excluding hydrogens is 867 g/mol. The SMILES string of the molecule is CCN(CC)C(=O)C1=C(C)N=c2s/c(=C/c3cc(I)c(OCc4ccc(Cl)cc4Cl)c(I)c3)c(=O)n2[C@@H]1c1ccc(Cl)cc1. The molecule has 0 fully saturated rings. The third-order valence-corrected chi connectivity index (χ3v) is 10.6. The fraction of sp³-hybridized carbons (Fsp3) is 0.219. The number of benzene rings is 3. The largest absolute Gasteiger partial charge is 0.487 e. The Morgan fingerprint density at radius 3 is 2.27 bits per heavy atom. The quantitative estimate of drug-likeness (QED) is 0.170. The van der Waals surface area contributed by atoms with Gasteiger partial charge in [0.2, 0.25) is 0 Å². The van der Waals surface area contributed by atoms with Gasteiger partial charge >= 0.3 is 0 Å². The summed E-state index contributed by atoms with van der Waals surface area (Å²) in [6.07, 6.45) is 1.86. The van der Waals surface area contributed by atoms with Crippen LogP contribution >= 0.6 is 91.3 Å². The zero-order valence-electron chi connectivity index (χ0n) is 23.8. The summed E-state index contributed by atoms with van der Waals surface area (Å²) in [7, 11) is 0. The van der Waals surface area contributed by atoms with Crippen molar-refractivity contribution in [1.29, 1.82) is 0 Å². The molecule has 228 valence electrons. The molecule has 44 heavy (non-hydrogen) atoms. The summed E-state index contributed by atoms with van der Waals surface area (Å²) < 4.78 is 10.1. The average Bonchev–Trinajstić information content (AvgIpc) is 3.27. The predicted molar refractivity (Wildman–Crippen MR) is 196 cm³/mol. The molecule has 1 aliphatic rings. The number of likely N-dealkylation sites (N-methyl/N-ethyl adjacent to an activating group) is 1. The van der Waals surface area contributed by atoms with Crippen LogP contribution in [-0.4, -0.2) is 28.5 Å². The van der Waals surface area contributed by atoms with Crippen LogP contribution in [0.3, 0.4) is 0 Å². The first kappa shape index (κ1) is 33.5. The predicted octanol–water partition coefficient (Wildman–Crippen LogP) is 7.85. The number of carbonyl (C=O) groups excluding carboxylic acids is 1. The van der Waals surface area contributed by atoms with E-state index in [2.05, 4.69) is 45.2 Å². The average molecular weight is 893 g/mol. The summed E-state index contributed by atoms with van der Waals surface area (Å²) in [6.45, 7) is 7.10. The second-order valence-corrected chi connectivity index (χ2v) is 14.6. The van der Waals surface area contributed by atoms with Gasteiger partial charge in [0.15, 0.2) is 4.80 Å². The summed E-state index contributed by atoms with van der Waals surface area (Å²) >= 11 is 24.3. The zero-order valence-corrected chi connectivity index (χ0v) is 31.2. The molecule has 1 atom stereocenters. The van der Waals surface area contributed by atoms with Gasteiger partial charge in [-0.25, -0.2) is 4.99 Å². The molecule has 0 unspecified atom stereocenters. The molecule has 0 radical (unpaired) electrons. The molecule has 0 saturated carbocycles. The van der Waals surface area contributed by atoms with Gasteiger partial charge in [-0.15, -0.1) is 0 Å². The van der Waals surface area contributed by atoms with E-state index in [1.165, 1.54) is 11.3 Å². The second-order valence-electron chi connectivity index (χ2n) is 9.95. The highest BCUT2D eigenvalue weighted by Gasteiger charge is 2.34. The molecular formula is C32H26Cl3I2N3O3S. The van der Waals surface area contributed by atoms with Crippen LogP contribution < -0.4 is 19.6 Å². The highest BCUT2D eigenvalue weighted by Crippen LogP contribution is 2.33. The first-order valence-electron chi connectivity index (χ1n) is 13.6. The van der Waals surface area contributed by atoms with Crippen LogP contribution in [0.5, 0.6) is 5.75 Å². The zero-order chi connectivity index (χ0) is 31.7. The van der Waals surface area contributed by atoms with Crippen molar-refractivity contribution < 1.29 is 9.53 Å². The van der Waals surface area contributed by atoms with Crippen LogP contribution in [0.4, 0.5) is 0 Å². The second kappa shape index (κ2) is 14.3. The molecule has 0 bridgehead atoms. The Kier molecular flexibility index (Phi) is 10.8. The van der Waals surface area contributed by atoms with Crippen molar-refractivity contribution in [2.45, 2.75) is 33.4 Å². The minimum atomic E-state index is -0.630. The number of fused-ring (bicyclic) bond motifs is 1. The van der Waals surface area contributed by atoms with E-state index >= 15 is 0 Å². The van der Waals surface area contributed by atoms with E-state index in [0.29, 0.717) is 55.4 Å². The summed E-state index contributed by atoms with van der Waals surface area (Å²) in [5, 5.41) is 1.69. The fourth-order valence-corrected chi connectivity index (χ4v) is 8.74. The van der Waals surface area contributed by atoms with Crippen LogP contribution in [0.15, 0.2) is 75.7 Å². The number of halogens is 5. The van der Waals surface area contributed by atoms with Gasteiger partial charge < -0.3 is 9.64 Å². The molecule has 0 spiro atoms. The number of hydrogen-bond acceptors (Lipinski definition) is 5. The van der Waals surface area contributed by atoms with Crippen molar-refractivity contribution in [2.24, 2.45) is 4.99 Å². The molecule has 4 aromatic rings. The lowest BCUT2D eigenvalue weighted by Gasteiger charge is -2.29. The molecule has 1 amide bonds. The third kappa shape index (κ3) is 6.92. The van der Waals surface area contributed by atoms with Crippen molar-refractivity contribution in [3.63, 3.8) is 0 Å². The van der Waals surface area contributed by atoms with E-state index in [1.54, 1.807) is 33.7 Å². The van der Waals surface area contributed by atoms with Gasteiger partial charge in [-0.1, -0.05) is 64.3 Å². The monoisotopic (exact) mass is 891 g/mol. The van der Waals surface area contributed by atoms with Gasteiger partial charge in [-0.3, -0.25) is 14.2 Å². The Labute approximate surface area is 301 Å². The van der Waals surface area contributed by atoms with Gasteiger partial charge in [0.25, 0.3) is 11.5 Å². The van der Waals surface area contributed by atoms with Crippen LogP contribution in [0.2, 0.25) is 15.1 Å². The Morgan fingerprint density at radius 1 is 1.02 bits per heavy atom. The smallest absolute Gasteiger partial charge is 0.271 e. The van der Waals surface area contributed by atoms with Crippen LogP contribution in [0.1, 0.15) is 43.5 Å². The summed E-state index contributed by atoms with van der Waals surface area (Å²) in [6, 6.07) is 15.9. The highest BCUT2D eigenvalue weighted by atomic mass is 127. The van der Waals surface area contributed by atoms with Crippen LogP contribution in [0.25, 0.3) is 6.08 Å². The molecule has 1 aliphatic heterocycles. The van der Waals surface area contributed by atoms with Gasteiger partial charge in [0.05, 0.1) is 29.0 Å². The molecule has 0 aliphatic carbocycles. The minimum absolute atomic E-state index is 0.134. The number of hydrogen-bond donors (Lipinski definition) is 0. The molecule has 6 nitrogen and oxygen atoms in total. The number of carbonyl (C=O) groups is 1. The topological polar surface area (TPSA) is 63.9 Å². The number of rotatable bonds is 8. The molecule has 0 saturated heterocycles. The normalized spacial score (nSPS) is 14.8. The fourth-order valence-electron chi connectivity index (χ4n) is 4.98. The van der Waals surface area contributed by atoms with E-state index in [9.17, 15) is 9.59 Å². The number of ether oxygens (including phenoxy) is 1. The Hall–Kier alpha value is -1.90. The van der Waals surface area contributed by atoms with Crippen molar-refractivity contribution >= 4 is 103 Å². The number of allylic oxidation sites excluding steroid dienone is 1. The standard InChI is InChI=1S/C32H26Cl3I2N3O3S/c1-4-39(5-2)31(42)27-17(3)38-32-40(28(27)19-6-9-21(33)10-7-19)30(41)26(44-32)14-18-12-24(36)29(25(37)13-18)43-16-20-8-11-22(34)15-23(20)35/h6-15,28H,4-5,16H2,1-3H3/b26-14+/t28-/m1/s1. The van der Waals surface area contributed by atoms with E-state index in [0.717, 1.165) is 29.6 Å². The molecule has 5 rings (SSSR count). The van der Waals surface area contributed by atoms with Gasteiger partial charge in [0, 0.05) is 33.7 Å². The highest BCUT2D eigenvalue weighted by molar-refractivity contribution is 14.1. The Balaban J connectivity index is 1.56. The molecule has 3 aromatic carbocycles. The third-order valence-electron chi connectivity index (χ3n) is 7.19. The lowest BCUT2D eigenvalue weighted by Crippen LogP contribution is -2.43. The van der Waals surface area contributed by atoms with E-state index in [-0.39, 0.29) is 11.5 Å². The Morgan fingerprint density at radius 2 is 1.66 bits per heavy atom. The molecule has 2 heterocycles. The summed E-state index contributed by atoms with van der Waals surface area (Å²) in [4.78, 5) is 34.9. The van der Waals surface area contributed by atoms with Crippen molar-refractivity contribution in [3.05, 3.63) is 124 Å². The van der Waals surface area contributed by atoms with Gasteiger partial charge in [0.1, 0.15) is 12.4 Å². The summed E-state index contributed by atoms with van der Waals surface area (Å²) in [5.41, 5.74) is 3.34. The lowest BCUT2D eigenvalue weighted by atomic mass is 9.94. The van der Waals surface area contributed by atoms with Crippen LogP contribution in [0, 0.1) is 7.14 Å². The molecule has 1 aromatic heterocycles. The van der Waals surface area contributed by atoms with Crippen molar-refractivity contribution in [1.82, 2.24) is 9.47 Å². The molecule has 0 N–H and O–H groups in total. The first-order valence-corrected chi connectivity index (χ1v) is 17.8. The maximum absolute atomic E-state index is 14.1. The molecule has 12 heteroatoms. The van der Waals surface area contributed by atoms with E-state index in [1.807, 2.05) is 57.2 Å². The van der Waals surface area contributed by atoms with Crippen LogP contribution in [-0.2, 0) is 11.4 Å². The first-order chi connectivity index (χ1) is 21.0. The number of aromatic nitrogens is 1. The van der Waals surface area contributed by atoms with E-state index < -0.39 is 6.04 Å². The number of amides is 1. The minimum Gasteiger partial charge on any atom is -0.487 e. The van der Waals surface area contributed by atoms with Gasteiger partial charge in [-0.2, -0.15) is 0 Å². The summed E-state index contributed by atoms with van der Waals surface area (Å²) in [5.74, 6) is 0.596. The Bertz CT molecular complexity index is 1950. The number of nitrogens with zero attached hydrogens (tertiary/aromatic N) is 3. The van der Waals surface area contributed by atoms with Crippen molar-refractivity contribution in [3.8, 4) is 5.75 Å². The van der Waals surface area contributed by atoms with E-state index in [4.69, 9.17) is 44.5 Å². The van der Waals surface area contributed by atoms with Crippen molar-refractivity contribution in [2.75, 3.05) is 13.1 Å². The van der Waals surface area contributed by atoms with Gasteiger partial charge in [-0.05, 0) is 120 Å².